The maximum absolute atomic E-state index is 5.90. The van der Waals surface area contributed by atoms with E-state index < -0.39 is 0 Å². The second kappa shape index (κ2) is 4.94. The molecule has 1 aliphatic carbocycles. The smallest absolute Gasteiger partial charge is 0.0184 e. The molecule has 0 amide bonds. The molecule has 1 aliphatic rings. The first-order valence-electron chi connectivity index (χ1n) is 5.61. The van der Waals surface area contributed by atoms with Crippen molar-refractivity contribution in [3.63, 3.8) is 0 Å². The van der Waals surface area contributed by atoms with Crippen molar-refractivity contribution < 1.29 is 0 Å². The predicted molar refractivity (Wildman–Crippen MR) is 62.3 cm³/mol. The normalized spacial score (nSPS) is 20.3. The molecule has 0 atom stereocenters. The van der Waals surface area contributed by atoms with Crippen molar-refractivity contribution in [1.82, 2.24) is 4.90 Å². The minimum atomic E-state index is 0.407. The van der Waals surface area contributed by atoms with Gasteiger partial charge in [0.2, 0.25) is 0 Å². The topological polar surface area (TPSA) is 29.3 Å². The van der Waals surface area contributed by atoms with Gasteiger partial charge in [-0.05, 0) is 38.8 Å². The van der Waals surface area contributed by atoms with Crippen LogP contribution in [0, 0.1) is 5.41 Å². The lowest BCUT2D eigenvalue weighted by Crippen LogP contribution is -2.39. The van der Waals surface area contributed by atoms with Crippen LogP contribution in [0.5, 0.6) is 0 Å². The summed E-state index contributed by atoms with van der Waals surface area (Å²) in [4.78, 5) is 2.36. The molecule has 14 heavy (non-hydrogen) atoms. The molecule has 82 valence electrons. The second-order valence-electron chi connectivity index (χ2n) is 5.04. The van der Waals surface area contributed by atoms with Gasteiger partial charge in [0.1, 0.15) is 0 Å². The minimum absolute atomic E-state index is 0.407. The largest absolute Gasteiger partial charge is 0.330 e. The number of likely N-dealkylation sites (N-methyl/N-ethyl adjacent to an activating group) is 1. The van der Waals surface area contributed by atoms with Crippen LogP contribution in [0.25, 0.3) is 0 Å². The third-order valence-electron chi connectivity index (χ3n) is 3.24. The third kappa shape index (κ3) is 3.10. The summed E-state index contributed by atoms with van der Waals surface area (Å²) in [7, 11) is 2.17. The van der Waals surface area contributed by atoms with Crippen molar-refractivity contribution in [1.29, 1.82) is 0 Å². The summed E-state index contributed by atoms with van der Waals surface area (Å²) in [6.07, 6.45) is 5.34. The van der Waals surface area contributed by atoms with Gasteiger partial charge in [0.15, 0.2) is 0 Å². The molecule has 0 heterocycles. The van der Waals surface area contributed by atoms with E-state index in [9.17, 15) is 0 Å². The zero-order valence-corrected chi connectivity index (χ0v) is 9.68. The molecule has 1 saturated carbocycles. The van der Waals surface area contributed by atoms with E-state index in [2.05, 4.69) is 25.5 Å². The molecule has 0 aromatic carbocycles. The van der Waals surface area contributed by atoms with Crippen LogP contribution >= 0.6 is 0 Å². The fraction of sp³-hybridized carbons (Fsp3) is 0.833. The van der Waals surface area contributed by atoms with Crippen LogP contribution < -0.4 is 5.73 Å². The molecule has 1 rings (SSSR count). The van der Waals surface area contributed by atoms with Crippen LogP contribution in [-0.2, 0) is 0 Å². The van der Waals surface area contributed by atoms with Crippen LogP contribution in [0.15, 0.2) is 12.2 Å². The highest BCUT2D eigenvalue weighted by Gasteiger charge is 2.33. The zero-order chi connectivity index (χ0) is 10.6. The summed E-state index contributed by atoms with van der Waals surface area (Å²) < 4.78 is 0. The Kier molecular flexibility index (Phi) is 4.14. The highest BCUT2D eigenvalue weighted by atomic mass is 15.1. The van der Waals surface area contributed by atoms with E-state index in [0.717, 1.165) is 19.6 Å². The van der Waals surface area contributed by atoms with Gasteiger partial charge in [-0.2, -0.15) is 0 Å². The molecular formula is C12H24N2. The van der Waals surface area contributed by atoms with E-state index in [1.54, 1.807) is 0 Å². The Morgan fingerprint density at radius 2 is 2.00 bits per heavy atom. The quantitative estimate of drug-likeness (QED) is 0.682. The SMILES string of the molecule is C=C(C)CN(C)CC1(CN)CCCC1. The minimum Gasteiger partial charge on any atom is -0.330 e. The molecule has 0 unspecified atom stereocenters. The summed E-state index contributed by atoms with van der Waals surface area (Å²) in [5.74, 6) is 0. The third-order valence-corrected chi connectivity index (χ3v) is 3.24. The molecule has 0 aromatic rings. The summed E-state index contributed by atoms with van der Waals surface area (Å²) in [5, 5.41) is 0. The summed E-state index contributed by atoms with van der Waals surface area (Å²) in [6.45, 7) is 9.01. The molecule has 0 spiro atoms. The van der Waals surface area contributed by atoms with E-state index in [4.69, 9.17) is 5.73 Å². The number of nitrogens with two attached hydrogens (primary N) is 1. The van der Waals surface area contributed by atoms with Crippen molar-refractivity contribution in [3.8, 4) is 0 Å². The monoisotopic (exact) mass is 196 g/mol. The fourth-order valence-corrected chi connectivity index (χ4v) is 2.64. The van der Waals surface area contributed by atoms with E-state index in [0.29, 0.717) is 5.41 Å². The first kappa shape index (κ1) is 11.7. The lowest BCUT2D eigenvalue weighted by atomic mass is 9.86. The van der Waals surface area contributed by atoms with Gasteiger partial charge in [0.05, 0.1) is 0 Å². The van der Waals surface area contributed by atoms with Gasteiger partial charge >= 0.3 is 0 Å². The second-order valence-corrected chi connectivity index (χ2v) is 5.04. The Morgan fingerprint density at radius 1 is 1.43 bits per heavy atom. The lowest BCUT2D eigenvalue weighted by Gasteiger charge is -2.32. The number of nitrogens with zero attached hydrogens (tertiary/aromatic N) is 1. The maximum Gasteiger partial charge on any atom is 0.0184 e. The van der Waals surface area contributed by atoms with Gasteiger partial charge < -0.3 is 10.6 Å². The van der Waals surface area contributed by atoms with Crippen molar-refractivity contribution in [3.05, 3.63) is 12.2 Å². The first-order chi connectivity index (χ1) is 6.58. The van der Waals surface area contributed by atoms with E-state index in [-0.39, 0.29) is 0 Å². The Hall–Kier alpha value is -0.340. The van der Waals surface area contributed by atoms with Gasteiger partial charge in [-0.3, -0.25) is 0 Å². The molecule has 2 N–H and O–H groups in total. The standard InChI is InChI=1S/C12H24N2/c1-11(2)8-14(3)10-12(9-13)6-4-5-7-12/h1,4-10,13H2,2-3H3. The first-order valence-corrected chi connectivity index (χ1v) is 5.61. The maximum atomic E-state index is 5.90. The number of hydrogen-bond donors (Lipinski definition) is 1. The van der Waals surface area contributed by atoms with E-state index in [1.807, 2.05) is 0 Å². The fourth-order valence-electron chi connectivity index (χ4n) is 2.64. The molecule has 0 aromatic heterocycles. The van der Waals surface area contributed by atoms with Crippen LogP contribution in [0.3, 0.4) is 0 Å². The predicted octanol–water partition coefficient (Wildman–Crippen LogP) is 2.01. The van der Waals surface area contributed by atoms with Crippen LogP contribution in [0.1, 0.15) is 32.6 Å². The highest BCUT2D eigenvalue weighted by molar-refractivity contribution is 4.94. The Balaban J connectivity index is 2.43. The molecule has 2 heteroatoms. The van der Waals surface area contributed by atoms with E-state index >= 15 is 0 Å². The zero-order valence-electron chi connectivity index (χ0n) is 9.68. The van der Waals surface area contributed by atoms with Crippen molar-refractivity contribution in [2.24, 2.45) is 11.1 Å². The van der Waals surface area contributed by atoms with Gasteiger partial charge in [0, 0.05) is 13.1 Å². The number of hydrogen-bond acceptors (Lipinski definition) is 2. The number of rotatable bonds is 5. The summed E-state index contributed by atoms with van der Waals surface area (Å²) in [5.41, 5.74) is 7.54. The van der Waals surface area contributed by atoms with Crippen molar-refractivity contribution in [2.45, 2.75) is 32.6 Å². The van der Waals surface area contributed by atoms with Crippen molar-refractivity contribution in [2.75, 3.05) is 26.7 Å². The van der Waals surface area contributed by atoms with E-state index in [1.165, 1.54) is 31.3 Å². The molecule has 2 nitrogen and oxygen atoms in total. The van der Waals surface area contributed by atoms with Crippen LogP contribution in [-0.4, -0.2) is 31.6 Å². The molecule has 0 saturated heterocycles. The van der Waals surface area contributed by atoms with Gasteiger partial charge in [0.25, 0.3) is 0 Å². The molecule has 0 aliphatic heterocycles. The summed E-state index contributed by atoms with van der Waals surface area (Å²) in [6, 6.07) is 0. The van der Waals surface area contributed by atoms with Gasteiger partial charge in [-0.25, -0.2) is 0 Å². The average Bonchev–Trinajstić information content (AvgIpc) is 2.52. The van der Waals surface area contributed by atoms with Crippen LogP contribution in [0.4, 0.5) is 0 Å². The Bertz CT molecular complexity index is 192. The Morgan fingerprint density at radius 3 is 2.43 bits per heavy atom. The lowest BCUT2D eigenvalue weighted by molar-refractivity contribution is 0.194. The molecule has 0 bridgehead atoms. The van der Waals surface area contributed by atoms with Gasteiger partial charge in [-0.1, -0.05) is 25.0 Å². The highest BCUT2D eigenvalue weighted by Crippen LogP contribution is 2.37. The van der Waals surface area contributed by atoms with Crippen LogP contribution in [0.2, 0.25) is 0 Å². The molecular weight excluding hydrogens is 172 g/mol. The summed E-state index contributed by atoms with van der Waals surface area (Å²) >= 11 is 0. The van der Waals surface area contributed by atoms with Gasteiger partial charge in [-0.15, -0.1) is 0 Å². The Labute approximate surface area is 88.2 Å². The van der Waals surface area contributed by atoms with Crippen molar-refractivity contribution >= 4 is 0 Å². The molecule has 1 fully saturated rings. The molecule has 0 radical (unpaired) electrons. The average molecular weight is 196 g/mol.